The average Bonchev–Trinajstić information content (AvgIpc) is 3.22. The number of amides is 1. The Bertz CT molecular complexity index is 843. The van der Waals surface area contributed by atoms with Gasteiger partial charge in [-0.05, 0) is 23.3 Å². The number of piperidine rings is 1. The molecule has 0 saturated carbocycles. The van der Waals surface area contributed by atoms with Crippen molar-refractivity contribution in [1.82, 2.24) is 10.2 Å². The molecule has 1 amide bonds. The minimum Gasteiger partial charge on any atom is -0.384 e. The summed E-state index contributed by atoms with van der Waals surface area (Å²) in [6.07, 6.45) is 0. The highest BCUT2D eigenvalue weighted by molar-refractivity contribution is 6.30. The third-order valence-electron chi connectivity index (χ3n) is 6.87. The molecule has 154 valence electrons. The van der Waals surface area contributed by atoms with Crippen LogP contribution < -0.4 is 5.32 Å². The average molecular weight is 413 g/mol. The maximum Gasteiger partial charge on any atom is 0.227 e. The molecule has 0 bridgehead atoms. The molecular formula is C24H29ClN2O2. The van der Waals surface area contributed by atoms with Crippen LogP contribution >= 0.6 is 11.6 Å². The van der Waals surface area contributed by atoms with Gasteiger partial charge in [0.05, 0.1) is 11.5 Å². The van der Waals surface area contributed by atoms with E-state index in [1.54, 1.807) is 0 Å². The van der Waals surface area contributed by atoms with Gasteiger partial charge in [-0.1, -0.05) is 67.9 Å². The van der Waals surface area contributed by atoms with Crippen molar-refractivity contribution in [2.45, 2.75) is 25.4 Å². The van der Waals surface area contributed by atoms with E-state index in [1.165, 1.54) is 0 Å². The summed E-state index contributed by atoms with van der Waals surface area (Å²) in [5, 5.41) is 15.6. The van der Waals surface area contributed by atoms with Crippen LogP contribution in [0.2, 0.25) is 5.02 Å². The maximum atomic E-state index is 13.5. The van der Waals surface area contributed by atoms with Crippen LogP contribution in [0.4, 0.5) is 0 Å². The molecule has 0 aromatic heterocycles. The molecule has 29 heavy (non-hydrogen) atoms. The fraction of sp³-hybridized carbons (Fsp3) is 0.458. The fourth-order valence-electron chi connectivity index (χ4n) is 5.19. The Hall–Kier alpha value is -1.88. The Morgan fingerprint density at radius 2 is 1.66 bits per heavy atom. The minimum atomic E-state index is -0.915. The highest BCUT2D eigenvalue weighted by Gasteiger charge is 2.48. The maximum absolute atomic E-state index is 13.5. The summed E-state index contributed by atoms with van der Waals surface area (Å²) in [4.78, 5) is 15.4. The van der Waals surface area contributed by atoms with Crippen molar-refractivity contribution >= 4 is 17.5 Å². The number of nitrogens with zero attached hydrogens (tertiary/aromatic N) is 1. The summed E-state index contributed by atoms with van der Waals surface area (Å²) in [5.41, 5.74) is 1.17. The molecule has 4 nitrogen and oxygen atoms in total. The van der Waals surface area contributed by atoms with Crippen molar-refractivity contribution in [1.29, 1.82) is 0 Å². The predicted octanol–water partition coefficient (Wildman–Crippen LogP) is 3.65. The lowest BCUT2D eigenvalue weighted by Crippen LogP contribution is -2.57. The molecule has 2 aromatic rings. The van der Waals surface area contributed by atoms with E-state index in [0.29, 0.717) is 24.7 Å². The van der Waals surface area contributed by atoms with E-state index in [4.69, 9.17) is 11.6 Å². The highest BCUT2D eigenvalue weighted by atomic mass is 35.5. The minimum absolute atomic E-state index is 0.0408. The number of carbonyl (C=O) groups excluding carboxylic acids is 1. The third-order valence-corrected chi connectivity index (χ3v) is 7.12. The van der Waals surface area contributed by atoms with Gasteiger partial charge in [-0.3, -0.25) is 4.79 Å². The Morgan fingerprint density at radius 1 is 1.03 bits per heavy atom. The van der Waals surface area contributed by atoms with Crippen LogP contribution in [-0.4, -0.2) is 42.1 Å². The van der Waals surface area contributed by atoms with Gasteiger partial charge >= 0.3 is 0 Å². The first kappa shape index (κ1) is 20.4. The van der Waals surface area contributed by atoms with Crippen LogP contribution in [0.3, 0.4) is 0 Å². The number of aliphatic hydroxyl groups is 1. The monoisotopic (exact) mass is 412 g/mol. The first-order chi connectivity index (χ1) is 13.9. The fourth-order valence-corrected chi connectivity index (χ4v) is 5.31. The molecule has 0 radical (unpaired) electrons. The summed E-state index contributed by atoms with van der Waals surface area (Å²) >= 11 is 6.03. The van der Waals surface area contributed by atoms with Gasteiger partial charge in [0.15, 0.2) is 0 Å². The number of likely N-dealkylation sites (tertiary alicyclic amines) is 1. The Morgan fingerprint density at radius 3 is 2.28 bits per heavy atom. The van der Waals surface area contributed by atoms with Gasteiger partial charge in [-0.25, -0.2) is 0 Å². The Balaban J connectivity index is 1.52. The number of benzene rings is 2. The molecule has 5 heteroatoms. The molecule has 2 aliphatic heterocycles. The van der Waals surface area contributed by atoms with Gasteiger partial charge in [0.2, 0.25) is 5.91 Å². The molecular weight excluding hydrogens is 384 g/mol. The molecule has 2 saturated heterocycles. The van der Waals surface area contributed by atoms with Crippen molar-refractivity contribution < 1.29 is 9.90 Å². The summed E-state index contributed by atoms with van der Waals surface area (Å²) in [5.74, 6) is 0.171. The summed E-state index contributed by atoms with van der Waals surface area (Å²) in [6, 6.07) is 17.7. The van der Waals surface area contributed by atoms with E-state index in [9.17, 15) is 9.90 Å². The number of nitrogens with one attached hydrogen (secondary N) is 1. The van der Waals surface area contributed by atoms with Gasteiger partial charge in [0.1, 0.15) is 0 Å². The van der Waals surface area contributed by atoms with Crippen molar-refractivity contribution in [3.63, 3.8) is 0 Å². The molecule has 2 fully saturated rings. The lowest BCUT2D eigenvalue weighted by Gasteiger charge is -2.48. The summed E-state index contributed by atoms with van der Waals surface area (Å²) in [7, 11) is 0. The van der Waals surface area contributed by atoms with Gasteiger partial charge in [-0.2, -0.15) is 0 Å². The molecule has 2 aromatic carbocycles. The lowest BCUT2D eigenvalue weighted by molar-refractivity contribution is -0.152. The molecule has 0 aliphatic carbocycles. The number of carbonyl (C=O) groups is 1. The van der Waals surface area contributed by atoms with E-state index in [1.807, 2.05) is 73.3 Å². The number of hydrogen-bond acceptors (Lipinski definition) is 3. The molecule has 0 spiro atoms. The van der Waals surface area contributed by atoms with Gasteiger partial charge in [-0.15, -0.1) is 0 Å². The van der Waals surface area contributed by atoms with Crippen LogP contribution in [0.15, 0.2) is 54.6 Å². The molecule has 5 atom stereocenters. The smallest absolute Gasteiger partial charge is 0.227 e. The van der Waals surface area contributed by atoms with E-state index >= 15 is 0 Å². The van der Waals surface area contributed by atoms with Gasteiger partial charge in [0.25, 0.3) is 0 Å². The Labute approximate surface area is 177 Å². The van der Waals surface area contributed by atoms with Crippen molar-refractivity contribution in [3.05, 3.63) is 70.7 Å². The predicted molar refractivity (Wildman–Crippen MR) is 116 cm³/mol. The molecule has 2 unspecified atom stereocenters. The summed E-state index contributed by atoms with van der Waals surface area (Å²) in [6.45, 7) is 6.72. The normalized spacial score (nSPS) is 32.3. The molecule has 2 N–H and O–H groups in total. The second kappa shape index (κ2) is 8.10. The van der Waals surface area contributed by atoms with Crippen molar-refractivity contribution in [2.24, 2.45) is 17.8 Å². The number of hydrogen-bond donors (Lipinski definition) is 2. The van der Waals surface area contributed by atoms with Crippen LogP contribution in [0.1, 0.15) is 30.9 Å². The largest absolute Gasteiger partial charge is 0.384 e. The van der Waals surface area contributed by atoms with Crippen LogP contribution in [0, 0.1) is 17.8 Å². The lowest BCUT2D eigenvalue weighted by atomic mass is 9.70. The van der Waals surface area contributed by atoms with E-state index in [2.05, 4.69) is 5.32 Å². The van der Waals surface area contributed by atoms with Crippen LogP contribution in [-0.2, 0) is 10.4 Å². The number of halogens is 1. The summed E-state index contributed by atoms with van der Waals surface area (Å²) < 4.78 is 0. The molecule has 4 rings (SSSR count). The zero-order valence-electron chi connectivity index (χ0n) is 17.0. The zero-order valence-corrected chi connectivity index (χ0v) is 17.8. The molecule has 2 heterocycles. The van der Waals surface area contributed by atoms with E-state index in [0.717, 1.165) is 17.7 Å². The topological polar surface area (TPSA) is 52.6 Å². The van der Waals surface area contributed by atoms with Crippen LogP contribution in [0.25, 0.3) is 0 Å². The second-order valence-corrected chi connectivity index (χ2v) is 9.10. The second-order valence-electron chi connectivity index (χ2n) is 8.66. The first-order valence-corrected chi connectivity index (χ1v) is 10.8. The van der Waals surface area contributed by atoms with E-state index in [-0.39, 0.29) is 29.6 Å². The van der Waals surface area contributed by atoms with Gasteiger partial charge in [0, 0.05) is 49.0 Å². The quantitative estimate of drug-likeness (QED) is 0.809. The zero-order chi connectivity index (χ0) is 20.6. The standard InChI is InChI=1S/C24H29ClN2O2/c1-16-14-27(15-17(2)24(16,29)19-6-4-3-5-7-19)23(28)22-13-26-12-21(22)18-8-10-20(25)11-9-18/h3-11,16-17,21-22,26,29H,12-15H2,1-2H3/t16-,17+,21?,22-,24?/m1/s1. The van der Waals surface area contributed by atoms with Crippen molar-refractivity contribution in [3.8, 4) is 0 Å². The molecule has 2 aliphatic rings. The SMILES string of the molecule is C[C@@H]1CN(C(=O)[C@@H]2CNCC2c2ccc(Cl)cc2)C[C@H](C)C1(O)c1ccccc1. The number of rotatable bonds is 3. The van der Waals surface area contributed by atoms with Crippen molar-refractivity contribution in [2.75, 3.05) is 26.2 Å². The first-order valence-electron chi connectivity index (χ1n) is 10.4. The highest BCUT2D eigenvalue weighted by Crippen LogP contribution is 2.42. The Kier molecular flexibility index (Phi) is 5.69. The van der Waals surface area contributed by atoms with Gasteiger partial charge < -0.3 is 15.3 Å². The van der Waals surface area contributed by atoms with E-state index < -0.39 is 5.60 Å². The van der Waals surface area contributed by atoms with Crippen LogP contribution in [0.5, 0.6) is 0 Å². The third kappa shape index (κ3) is 3.70.